The summed E-state index contributed by atoms with van der Waals surface area (Å²) in [6, 6.07) is 2.18. The summed E-state index contributed by atoms with van der Waals surface area (Å²) >= 11 is 1.82. The summed E-state index contributed by atoms with van der Waals surface area (Å²) in [6.45, 7) is 2.92. The van der Waals surface area contributed by atoms with Crippen LogP contribution in [0.3, 0.4) is 0 Å². The first-order chi connectivity index (χ1) is 9.79. The van der Waals surface area contributed by atoms with Gasteiger partial charge in [0.25, 0.3) is 0 Å². The molecule has 0 spiro atoms. The molecule has 1 N–H and O–H groups in total. The molecule has 0 saturated carbocycles. The zero-order valence-electron chi connectivity index (χ0n) is 12.2. The van der Waals surface area contributed by atoms with Crippen LogP contribution in [0.15, 0.2) is 11.4 Å². The van der Waals surface area contributed by atoms with Gasteiger partial charge in [-0.1, -0.05) is 0 Å². The van der Waals surface area contributed by atoms with Crippen LogP contribution in [0.4, 0.5) is 0 Å². The largest absolute Gasteiger partial charge is 0.342 e. The normalized spacial score (nSPS) is 26.4. The van der Waals surface area contributed by atoms with Crippen molar-refractivity contribution in [3.05, 3.63) is 21.9 Å². The molecule has 1 amide bonds. The molecule has 3 nitrogen and oxygen atoms in total. The number of fused-ring (bicyclic) bond motifs is 1. The van der Waals surface area contributed by atoms with Crippen molar-refractivity contribution in [2.24, 2.45) is 5.92 Å². The molecule has 1 aromatic heterocycles. The van der Waals surface area contributed by atoms with E-state index in [9.17, 15) is 4.79 Å². The maximum Gasteiger partial charge on any atom is 0.230 e. The van der Waals surface area contributed by atoms with Crippen molar-refractivity contribution in [1.82, 2.24) is 10.2 Å². The fraction of sp³-hybridized carbons (Fsp3) is 0.688. The maximum atomic E-state index is 12.9. The van der Waals surface area contributed by atoms with Crippen molar-refractivity contribution in [2.45, 2.75) is 38.0 Å². The van der Waals surface area contributed by atoms with Crippen molar-refractivity contribution < 1.29 is 4.79 Å². The summed E-state index contributed by atoms with van der Waals surface area (Å²) in [4.78, 5) is 16.4. The summed E-state index contributed by atoms with van der Waals surface area (Å²) in [5.74, 6) is 1.15. The van der Waals surface area contributed by atoms with Crippen molar-refractivity contribution in [3.63, 3.8) is 0 Å². The molecule has 0 aromatic carbocycles. The fourth-order valence-corrected chi connectivity index (χ4v) is 4.67. The lowest BCUT2D eigenvalue weighted by Gasteiger charge is -2.36. The number of carbonyl (C=O) groups excluding carboxylic acids is 1. The standard InChI is InChI=1S/C16H24N2OS/c1-17-10-12-4-3-8-18(11-12)16(19)14-5-2-6-15-13(14)7-9-20-15/h7,9,12,14,17H,2-6,8,10-11H2,1H3. The van der Waals surface area contributed by atoms with Gasteiger partial charge in [-0.25, -0.2) is 0 Å². The second-order valence-electron chi connectivity index (χ2n) is 6.09. The van der Waals surface area contributed by atoms with Crippen LogP contribution in [0.1, 0.15) is 42.0 Å². The minimum Gasteiger partial charge on any atom is -0.342 e. The van der Waals surface area contributed by atoms with Crippen LogP contribution in [-0.4, -0.2) is 37.5 Å². The Morgan fingerprint density at radius 1 is 1.45 bits per heavy atom. The van der Waals surface area contributed by atoms with Crippen molar-refractivity contribution >= 4 is 17.2 Å². The highest BCUT2D eigenvalue weighted by Crippen LogP contribution is 2.36. The number of amides is 1. The Labute approximate surface area is 125 Å². The van der Waals surface area contributed by atoms with Gasteiger partial charge < -0.3 is 10.2 Å². The fourth-order valence-electron chi connectivity index (χ4n) is 3.68. The third-order valence-corrected chi connectivity index (χ3v) is 5.67. The minimum absolute atomic E-state index is 0.137. The first-order valence-corrected chi connectivity index (χ1v) is 8.67. The van der Waals surface area contributed by atoms with Crippen LogP contribution in [0, 0.1) is 5.92 Å². The molecule has 2 aliphatic rings. The summed E-state index contributed by atoms with van der Waals surface area (Å²) < 4.78 is 0. The van der Waals surface area contributed by atoms with Gasteiger partial charge in [-0.05, 0) is 68.6 Å². The lowest BCUT2D eigenvalue weighted by atomic mass is 9.86. The highest BCUT2D eigenvalue weighted by molar-refractivity contribution is 7.10. The molecule has 2 unspecified atom stereocenters. The van der Waals surface area contributed by atoms with Crippen LogP contribution in [0.2, 0.25) is 0 Å². The number of hydrogen-bond acceptors (Lipinski definition) is 3. The number of piperidine rings is 1. The molecule has 1 aliphatic heterocycles. The second kappa shape index (κ2) is 6.27. The summed E-state index contributed by atoms with van der Waals surface area (Å²) in [7, 11) is 2.00. The van der Waals surface area contributed by atoms with E-state index in [1.54, 1.807) is 0 Å². The highest BCUT2D eigenvalue weighted by Gasteiger charge is 2.32. The molecule has 1 fully saturated rings. The SMILES string of the molecule is CNCC1CCCN(C(=O)C2CCCc3sccc32)C1. The van der Waals surface area contributed by atoms with Gasteiger partial charge in [0, 0.05) is 18.0 Å². The van der Waals surface area contributed by atoms with Gasteiger partial charge in [0.1, 0.15) is 0 Å². The Kier molecular flexibility index (Phi) is 4.41. The number of nitrogens with zero attached hydrogens (tertiary/aromatic N) is 1. The topological polar surface area (TPSA) is 32.3 Å². The van der Waals surface area contributed by atoms with Gasteiger partial charge in [-0.2, -0.15) is 0 Å². The van der Waals surface area contributed by atoms with E-state index in [4.69, 9.17) is 0 Å². The molecule has 3 rings (SSSR count). The smallest absolute Gasteiger partial charge is 0.230 e. The van der Waals surface area contributed by atoms with E-state index in [1.807, 2.05) is 18.4 Å². The maximum absolute atomic E-state index is 12.9. The number of hydrogen-bond donors (Lipinski definition) is 1. The zero-order chi connectivity index (χ0) is 13.9. The van der Waals surface area contributed by atoms with Gasteiger partial charge in [-0.3, -0.25) is 4.79 Å². The van der Waals surface area contributed by atoms with E-state index in [0.717, 1.165) is 38.9 Å². The van der Waals surface area contributed by atoms with Gasteiger partial charge in [-0.15, -0.1) is 11.3 Å². The number of nitrogens with one attached hydrogen (secondary N) is 1. The molecule has 20 heavy (non-hydrogen) atoms. The third-order valence-electron chi connectivity index (χ3n) is 4.67. The van der Waals surface area contributed by atoms with Crippen molar-refractivity contribution in [1.29, 1.82) is 0 Å². The van der Waals surface area contributed by atoms with Crippen LogP contribution in [0.5, 0.6) is 0 Å². The number of thiophene rings is 1. The first kappa shape index (κ1) is 14.1. The monoisotopic (exact) mass is 292 g/mol. The number of aryl methyl sites for hydroxylation is 1. The molecule has 2 atom stereocenters. The predicted molar refractivity (Wildman–Crippen MR) is 83.2 cm³/mol. The van der Waals surface area contributed by atoms with Crippen LogP contribution in [0.25, 0.3) is 0 Å². The number of likely N-dealkylation sites (tertiary alicyclic amines) is 1. The van der Waals surface area contributed by atoms with Crippen molar-refractivity contribution in [3.8, 4) is 0 Å². The average molecular weight is 292 g/mol. The first-order valence-electron chi connectivity index (χ1n) is 7.79. The average Bonchev–Trinajstić information content (AvgIpc) is 2.95. The molecule has 110 valence electrons. The number of carbonyl (C=O) groups is 1. The Morgan fingerprint density at radius 3 is 3.20 bits per heavy atom. The summed E-state index contributed by atoms with van der Waals surface area (Å²) in [5.41, 5.74) is 1.32. The van der Waals surface area contributed by atoms with E-state index in [-0.39, 0.29) is 5.92 Å². The van der Waals surface area contributed by atoms with Gasteiger partial charge in [0.05, 0.1) is 5.92 Å². The lowest BCUT2D eigenvalue weighted by molar-refractivity contribution is -0.135. The number of rotatable bonds is 3. The van der Waals surface area contributed by atoms with Gasteiger partial charge in [0.2, 0.25) is 5.91 Å². The Morgan fingerprint density at radius 2 is 2.35 bits per heavy atom. The van der Waals surface area contributed by atoms with Crippen LogP contribution < -0.4 is 5.32 Å². The molecular weight excluding hydrogens is 268 g/mol. The van der Waals surface area contributed by atoms with E-state index in [0.29, 0.717) is 11.8 Å². The zero-order valence-corrected chi connectivity index (χ0v) is 13.0. The predicted octanol–water partition coefficient (Wildman–Crippen LogP) is 2.63. The van der Waals surface area contributed by atoms with Crippen LogP contribution >= 0.6 is 11.3 Å². The highest BCUT2D eigenvalue weighted by atomic mass is 32.1. The van der Waals surface area contributed by atoms with Crippen LogP contribution in [-0.2, 0) is 11.2 Å². The Balaban J connectivity index is 1.70. The summed E-state index contributed by atoms with van der Waals surface area (Å²) in [5, 5.41) is 5.40. The molecular formula is C16H24N2OS. The Hall–Kier alpha value is -0.870. The molecule has 4 heteroatoms. The third kappa shape index (κ3) is 2.77. The van der Waals surface area contributed by atoms with E-state index in [2.05, 4.69) is 21.7 Å². The van der Waals surface area contributed by atoms with Gasteiger partial charge in [0.15, 0.2) is 0 Å². The molecule has 0 radical (unpaired) electrons. The van der Waals surface area contributed by atoms with E-state index in [1.165, 1.54) is 23.3 Å². The molecule has 2 heterocycles. The molecule has 0 bridgehead atoms. The molecule has 1 aromatic rings. The van der Waals surface area contributed by atoms with E-state index < -0.39 is 0 Å². The van der Waals surface area contributed by atoms with E-state index >= 15 is 0 Å². The second-order valence-corrected chi connectivity index (χ2v) is 7.09. The lowest BCUT2D eigenvalue weighted by Crippen LogP contribution is -2.44. The summed E-state index contributed by atoms with van der Waals surface area (Å²) in [6.07, 6.45) is 5.77. The molecule has 1 aliphatic carbocycles. The quantitative estimate of drug-likeness (QED) is 0.929. The molecule has 1 saturated heterocycles. The van der Waals surface area contributed by atoms with Crippen molar-refractivity contribution in [2.75, 3.05) is 26.7 Å². The Bertz CT molecular complexity index is 469. The minimum atomic E-state index is 0.137. The van der Waals surface area contributed by atoms with Gasteiger partial charge >= 0.3 is 0 Å².